The van der Waals surface area contributed by atoms with Crippen LogP contribution in [0.5, 0.6) is 0 Å². The van der Waals surface area contributed by atoms with Gasteiger partial charge in [-0.1, -0.05) is 11.6 Å². The lowest BCUT2D eigenvalue weighted by atomic mass is 10.0. The Balaban J connectivity index is 0.00000392. The van der Waals surface area contributed by atoms with Crippen molar-refractivity contribution in [2.75, 3.05) is 32.8 Å². The Bertz CT molecular complexity index is 568. The number of halogens is 1. The van der Waals surface area contributed by atoms with E-state index in [4.69, 9.17) is 9.26 Å². The van der Waals surface area contributed by atoms with Crippen molar-refractivity contribution in [1.82, 2.24) is 25.7 Å². The number of aromatic nitrogens is 2. The van der Waals surface area contributed by atoms with Gasteiger partial charge >= 0.3 is 0 Å². The maximum absolute atomic E-state index is 5.48. The van der Waals surface area contributed by atoms with E-state index in [0.29, 0.717) is 30.9 Å². The molecule has 1 fully saturated rings. The lowest BCUT2D eigenvalue weighted by molar-refractivity contribution is 0.0683. The van der Waals surface area contributed by atoms with Gasteiger partial charge < -0.3 is 24.8 Å². The van der Waals surface area contributed by atoms with Crippen LogP contribution >= 0.6 is 24.0 Å². The molecule has 8 nitrogen and oxygen atoms in total. The second-order valence-electron chi connectivity index (χ2n) is 7.00. The molecule has 0 aromatic carbocycles. The fourth-order valence-electron chi connectivity index (χ4n) is 3.29. The van der Waals surface area contributed by atoms with Gasteiger partial charge in [-0.15, -0.1) is 24.0 Å². The number of hydrogen-bond acceptors (Lipinski definition) is 6. The molecular formula is C19H37IN6O2. The van der Waals surface area contributed by atoms with E-state index in [1.54, 1.807) is 0 Å². The maximum atomic E-state index is 5.48. The summed E-state index contributed by atoms with van der Waals surface area (Å²) in [5.41, 5.74) is 0. The zero-order valence-corrected chi connectivity index (χ0v) is 20.1. The van der Waals surface area contributed by atoms with Crippen LogP contribution in [-0.4, -0.2) is 59.8 Å². The van der Waals surface area contributed by atoms with Gasteiger partial charge in [0.25, 0.3) is 0 Å². The Morgan fingerprint density at radius 3 is 2.89 bits per heavy atom. The molecule has 2 N–H and O–H groups in total. The molecule has 2 heterocycles. The fourth-order valence-corrected chi connectivity index (χ4v) is 3.29. The van der Waals surface area contributed by atoms with Gasteiger partial charge in [0.15, 0.2) is 11.8 Å². The van der Waals surface area contributed by atoms with E-state index in [0.717, 1.165) is 32.0 Å². The number of nitrogens with zero attached hydrogens (tertiary/aromatic N) is 4. The van der Waals surface area contributed by atoms with E-state index in [9.17, 15) is 0 Å². The first-order valence-electron chi connectivity index (χ1n) is 10.3. The van der Waals surface area contributed by atoms with Crippen molar-refractivity contribution in [2.24, 2.45) is 4.99 Å². The van der Waals surface area contributed by atoms with Crippen LogP contribution in [0.15, 0.2) is 9.52 Å². The number of rotatable bonds is 10. The van der Waals surface area contributed by atoms with Gasteiger partial charge in [0.2, 0.25) is 5.89 Å². The molecule has 1 aliphatic rings. The summed E-state index contributed by atoms with van der Waals surface area (Å²) in [4.78, 5) is 11.5. The Morgan fingerprint density at radius 2 is 2.18 bits per heavy atom. The average Bonchev–Trinajstić information content (AvgIpc) is 3.14. The first-order valence-corrected chi connectivity index (χ1v) is 10.3. The van der Waals surface area contributed by atoms with Crippen LogP contribution in [0.25, 0.3) is 0 Å². The van der Waals surface area contributed by atoms with E-state index >= 15 is 0 Å². The summed E-state index contributed by atoms with van der Waals surface area (Å²) in [6.45, 7) is 13.3. The van der Waals surface area contributed by atoms with Gasteiger partial charge in [-0.05, 0) is 53.5 Å². The highest BCUT2D eigenvalue weighted by Crippen LogP contribution is 2.16. The van der Waals surface area contributed by atoms with Crippen LogP contribution in [0.4, 0.5) is 0 Å². The highest BCUT2D eigenvalue weighted by molar-refractivity contribution is 14.0. The number of guanidine groups is 1. The summed E-state index contributed by atoms with van der Waals surface area (Å²) in [7, 11) is 0. The molecule has 0 bridgehead atoms. The van der Waals surface area contributed by atoms with E-state index in [1.807, 2.05) is 13.8 Å². The second kappa shape index (κ2) is 14.1. The highest BCUT2D eigenvalue weighted by Gasteiger charge is 2.17. The third-order valence-corrected chi connectivity index (χ3v) is 4.84. The summed E-state index contributed by atoms with van der Waals surface area (Å²) >= 11 is 0. The molecule has 0 aliphatic carbocycles. The number of ether oxygens (including phenoxy) is 1. The van der Waals surface area contributed by atoms with Crippen LogP contribution < -0.4 is 10.6 Å². The monoisotopic (exact) mass is 508 g/mol. The molecule has 28 heavy (non-hydrogen) atoms. The van der Waals surface area contributed by atoms with Crippen LogP contribution in [0.2, 0.25) is 0 Å². The molecule has 0 amide bonds. The summed E-state index contributed by atoms with van der Waals surface area (Å²) in [6, 6.07) is 0.714. The lowest BCUT2D eigenvalue weighted by Crippen LogP contribution is -2.41. The van der Waals surface area contributed by atoms with Crippen molar-refractivity contribution in [3.05, 3.63) is 11.7 Å². The summed E-state index contributed by atoms with van der Waals surface area (Å²) in [6.07, 6.45) is 4.96. The summed E-state index contributed by atoms with van der Waals surface area (Å²) in [5.74, 6) is 1.84. The molecule has 2 rings (SSSR count). The normalized spacial score (nSPS) is 19.1. The molecule has 0 saturated carbocycles. The van der Waals surface area contributed by atoms with E-state index < -0.39 is 0 Å². The molecule has 9 heteroatoms. The van der Waals surface area contributed by atoms with Gasteiger partial charge in [0, 0.05) is 32.3 Å². The van der Waals surface area contributed by atoms with Gasteiger partial charge in [0.1, 0.15) is 12.6 Å². The minimum atomic E-state index is -0.167. The van der Waals surface area contributed by atoms with Crippen molar-refractivity contribution in [3.63, 3.8) is 0 Å². The van der Waals surface area contributed by atoms with Crippen molar-refractivity contribution in [2.45, 2.75) is 72.1 Å². The molecule has 1 aromatic rings. The standard InChI is InChI=1S/C19H36N6O2.HI/c1-5-20-19(21-11-9-13-25-12-8-7-10-15(25)3)22-14-17-23-18(24-27-17)16(4)26-6-2;/h15-16H,5-14H2,1-4H3,(H2,20,21,22);1H. The van der Waals surface area contributed by atoms with Crippen molar-refractivity contribution in [1.29, 1.82) is 0 Å². The summed E-state index contributed by atoms with van der Waals surface area (Å²) in [5, 5.41) is 10.6. The zero-order valence-electron chi connectivity index (χ0n) is 17.7. The van der Waals surface area contributed by atoms with Crippen LogP contribution in [0.3, 0.4) is 0 Å². The Hall–Kier alpha value is -0.940. The minimum Gasteiger partial charge on any atom is -0.371 e. The Morgan fingerprint density at radius 1 is 1.36 bits per heavy atom. The number of likely N-dealkylation sites (tertiary alicyclic amines) is 1. The van der Waals surface area contributed by atoms with Gasteiger partial charge in [0.05, 0.1) is 0 Å². The first-order chi connectivity index (χ1) is 13.1. The molecule has 162 valence electrons. The number of nitrogens with one attached hydrogen (secondary N) is 2. The van der Waals surface area contributed by atoms with Gasteiger partial charge in [-0.2, -0.15) is 4.98 Å². The third-order valence-electron chi connectivity index (χ3n) is 4.84. The Kier molecular flexibility index (Phi) is 12.6. The average molecular weight is 508 g/mol. The van der Waals surface area contributed by atoms with Crippen molar-refractivity contribution >= 4 is 29.9 Å². The summed E-state index contributed by atoms with van der Waals surface area (Å²) < 4.78 is 10.7. The molecule has 1 aromatic heterocycles. The number of aliphatic imine (C=N–C) groups is 1. The predicted molar refractivity (Wildman–Crippen MR) is 122 cm³/mol. The zero-order chi connectivity index (χ0) is 19.5. The molecule has 2 unspecified atom stereocenters. The number of piperidine rings is 1. The topological polar surface area (TPSA) is 87.8 Å². The van der Waals surface area contributed by atoms with Crippen LogP contribution in [-0.2, 0) is 11.3 Å². The molecule has 1 saturated heterocycles. The molecular weight excluding hydrogens is 471 g/mol. The SMILES string of the molecule is CCNC(=NCc1nc(C(C)OCC)no1)NCCCN1CCCCC1C.I. The minimum absolute atomic E-state index is 0. The molecule has 0 radical (unpaired) electrons. The quantitative estimate of drug-likeness (QED) is 0.217. The highest BCUT2D eigenvalue weighted by atomic mass is 127. The largest absolute Gasteiger partial charge is 0.371 e. The smallest absolute Gasteiger partial charge is 0.248 e. The second-order valence-corrected chi connectivity index (χ2v) is 7.00. The molecule has 1 aliphatic heterocycles. The van der Waals surface area contributed by atoms with Crippen LogP contribution in [0.1, 0.15) is 71.2 Å². The maximum Gasteiger partial charge on any atom is 0.248 e. The van der Waals surface area contributed by atoms with E-state index in [2.05, 4.69) is 44.5 Å². The van der Waals surface area contributed by atoms with Gasteiger partial charge in [-0.3, -0.25) is 0 Å². The lowest BCUT2D eigenvalue weighted by Gasteiger charge is -2.33. The number of hydrogen-bond donors (Lipinski definition) is 2. The molecule has 2 atom stereocenters. The Labute approximate surface area is 186 Å². The predicted octanol–water partition coefficient (Wildman–Crippen LogP) is 3.10. The fraction of sp³-hybridized carbons (Fsp3) is 0.842. The molecule has 0 spiro atoms. The first kappa shape index (κ1) is 25.1. The van der Waals surface area contributed by atoms with Gasteiger partial charge in [-0.25, -0.2) is 4.99 Å². The third kappa shape index (κ3) is 8.60. The van der Waals surface area contributed by atoms with Crippen molar-refractivity contribution < 1.29 is 9.26 Å². The van der Waals surface area contributed by atoms with E-state index in [1.165, 1.54) is 25.8 Å². The van der Waals surface area contributed by atoms with Crippen LogP contribution in [0, 0.1) is 0 Å². The van der Waals surface area contributed by atoms with Crippen molar-refractivity contribution in [3.8, 4) is 0 Å². The van der Waals surface area contributed by atoms with E-state index in [-0.39, 0.29) is 30.1 Å².